The summed E-state index contributed by atoms with van der Waals surface area (Å²) >= 11 is 0. The molecule has 0 spiro atoms. The molecule has 0 unspecified atom stereocenters. The second kappa shape index (κ2) is 5.72. The standard InChI is InChI=1S/C22H12N2O4/c25-21(26)17-11-5-1-3-7-15(11)23-19-13(17)9-10-14-18(22(27)28)12-6-2-4-8-16(12)24-20(14)19/h1-10H,(H,25,26)(H,27,28). The molecule has 5 aromatic rings. The number of aromatic carboxylic acids is 2. The highest BCUT2D eigenvalue weighted by molar-refractivity contribution is 6.22. The quantitative estimate of drug-likeness (QED) is 0.352. The van der Waals surface area contributed by atoms with Gasteiger partial charge in [0, 0.05) is 21.5 Å². The molecule has 0 radical (unpaired) electrons. The van der Waals surface area contributed by atoms with E-state index in [1.165, 1.54) is 0 Å². The SMILES string of the molecule is O=C(O)c1c2ccccc2nc2c1ccc1c(C(=O)O)c3ccccc3nc12. The lowest BCUT2D eigenvalue weighted by molar-refractivity contribution is 0.0690. The fourth-order valence-electron chi connectivity index (χ4n) is 3.77. The first kappa shape index (κ1) is 16.1. The minimum atomic E-state index is -1.07. The van der Waals surface area contributed by atoms with Gasteiger partial charge in [0.2, 0.25) is 0 Å². The van der Waals surface area contributed by atoms with Crippen molar-refractivity contribution in [2.45, 2.75) is 0 Å². The third kappa shape index (κ3) is 2.15. The van der Waals surface area contributed by atoms with Crippen LogP contribution in [0.5, 0.6) is 0 Å². The molecule has 2 heterocycles. The molecular formula is C22H12N2O4. The van der Waals surface area contributed by atoms with Gasteiger partial charge in [0.1, 0.15) is 0 Å². The number of carboxylic acid groups (broad SMARTS) is 2. The molecule has 6 nitrogen and oxygen atoms in total. The number of pyridine rings is 2. The van der Waals surface area contributed by atoms with Gasteiger partial charge in [-0.1, -0.05) is 48.5 Å². The molecule has 5 rings (SSSR count). The molecule has 2 aromatic heterocycles. The first-order valence-electron chi connectivity index (χ1n) is 8.57. The van der Waals surface area contributed by atoms with E-state index in [2.05, 4.69) is 9.97 Å². The molecule has 2 N–H and O–H groups in total. The number of aromatic nitrogens is 2. The molecule has 3 aromatic carbocycles. The van der Waals surface area contributed by atoms with Crippen LogP contribution in [0.4, 0.5) is 0 Å². The summed E-state index contributed by atoms with van der Waals surface area (Å²) in [7, 11) is 0. The number of fused-ring (bicyclic) bond motifs is 5. The average Bonchev–Trinajstić information content (AvgIpc) is 2.69. The van der Waals surface area contributed by atoms with Gasteiger partial charge in [0.25, 0.3) is 0 Å². The maximum absolute atomic E-state index is 12.0. The van der Waals surface area contributed by atoms with Crippen molar-refractivity contribution in [3.63, 3.8) is 0 Å². The zero-order chi connectivity index (χ0) is 19.4. The second-order valence-corrected chi connectivity index (χ2v) is 6.48. The summed E-state index contributed by atoms with van der Waals surface area (Å²) in [5, 5.41) is 21.6. The van der Waals surface area contributed by atoms with E-state index in [9.17, 15) is 19.8 Å². The van der Waals surface area contributed by atoms with Crippen LogP contribution in [-0.4, -0.2) is 32.1 Å². The van der Waals surface area contributed by atoms with Gasteiger partial charge in [-0.25, -0.2) is 19.6 Å². The molecule has 0 aliphatic carbocycles. The highest BCUT2D eigenvalue weighted by Gasteiger charge is 2.21. The Morgan fingerprint density at radius 2 is 0.964 bits per heavy atom. The van der Waals surface area contributed by atoms with Crippen molar-refractivity contribution in [2.75, 3.05) is 0 Å². The lowest BCUT2D eigenvalue weighted by Crippen LogP contribution is -2.04. The first-order chi connectivity index (χ1) is 13.6. The summed E-state index contributed by atoms with van der Waals surface area (Å²) in [5.74, 6) is -2.13. The van der Waals surface area contributed by atoms with Crippen LogP contribution in [0.3, 0.4) is 0 Å². The Bertz CT molecular complexity index is 1360. The molecule has 6 heteroatoms. The van der Waals surface area contributed by atoms with E-state index < -0.39 is 11.9 Å². The van der Waals surface area contributed by atoms with Gasteiger partial charge in [-0.2, -0.15) is 0 Å². The highest BCUT2D eigenvalue weighted by Crippen LogP contribution is 2.34. The molecule has 0 saturated heterocycles. The summed E-state index contributed by atoms with van der Waals surface area (Å²) < 4.78 is 0. The number of hydrogen-bond acceptors (Lipinski definition) is 4. The Morgan fingerprint density at radius 1 is 0.571 bits per heavy atom. The second-order valence-electron chi connectivity index (χ2n) is 6.48. The molecule has 0 bridgehead atoms. The molecule has 134 valence electrons. The van der Waals surface area contributed by atoms with Gasteiger partial charge in [-0.05, 0) is 12.1 Å². The van der Waals surface area contributed by atoms with Crippen molar-refractivity contribution in [3.8, 4) is 0 Å². The van der Waals surface area contributed by atoms with Crippen LogP contribution in [0.2, 0.25) is 0 Å². The number of carboxylic acids is 2. The predicted molar refractivity (Wildman–Crippen MR) is 106 cm³/mol. The number of para-hydroxylation sites is 2. The Morgan fingerprint density at radius 3 is 1.36 bits per heavy atom. The number of benzene rings is 3. The third-order valence-electron chi connectivity index (χ3n) is 4.93. The normalized spacial score (nSPS) is 11.4. The number of rotatable bonds is 2. The zero-order valence-corrected chi connectivity index (χ0v) is 14.4. The van der Waals surface area contributed by atoms with Crippen molar-refractivity contribution in [2.24, 2.45) is 0 Å². The van der Waals surface area contributed by atoms with E-state index in [0.717, 1.165) is 0 Å². The third-order valence-corrected chi connectivity index (χ3v) is 4.93. The van der Waals surface area contributed by atoms with Crippen LogP contribution in [0.1, 0.15) is 20.7 Å². The van der Waals surface area contributed by atoms with Crippen LogP contribution in [0.15, 0.2) is 60.7 Å². The van der Waals surface area contributed by atoms with Gasteiger partial charge in [-0.15, -0.1) is 0 Å². The summed E-state index contributed by atoms with van der Waals surface area (Å²) in [6, 6.07) is 17.2. The lowest BCUT2D eigenvalue weighted by atomic mass is 9.97. The minimum absolute atomic E-state index is 0.134. The smallest absolute Gasteiger partial charge is 0.337 e. The highest BCUT2D eigenvalue weighted by atomic mass is 16.4. The monoisotopic (exact) mass is 368 g/mol. The van der Waals surface area contributed by atoms with Gasteiger partial charge in [0.05, 0.1) is 33.2 Å². The Labute approximate surface area is 157 Å². The van der Waals surface area contributed by atoms with Crippen LogP contribution < -0.4 is 0 Å². The van der Waals surface area contributed by atoms with Crippen molar-refractivity contribution in [1.82, 2.24) is 9.97 Å². The molecule has 0 aliphatic rings. The molecule has 0 aliphatic heterocycles. The summed E-state index contributed by atoms with van der Waals surface area (Å²) in [5.41, 5.74) is 2.06. The fourth-order valence-corrected chi connectivity index (χ4v) is 3.77. The molecule has 0 fully saturated rings. The average molecular weight is 368 g/mol. The Kier molecular flexibility index (Phi) is 3.30. The molecular weight excluding hydrogens is 356 g/mol. The summed E-state index contributed by atoms with van der Waals surface area (Å²) in [6.07, 6.45) is 0. The summed E-state index contributed by atoms with van der Waals surface area (Å²) in [6.45, 7) is 0. The number of nitrogens with zero attached hydrogens (tertiary/aromatic N) is 2. The molecule has 0 amide bonds. The maximum atomic E-state index is 12.0. The van der Waals surface area contributed by atoms with E-state index in [0.29, 0.717) is 43.6 Å². The number of carbonyl (C=O) groups is 2. The lowest BCUT2D eigenvalue weighted by Gasteiger charge is -2.12. The largest absolute Gasteiger partial charge is 0.478 e. The molecule has 0 saturated carbocycles. The maximum Gasteiger partial charge on any atom is 0.337 e. The van der Waals surface area contributed by atoms with Gasteiger partial charge in [0.15, 0.2) is 0 Å². The van der Waals surface area contributed by atoms with E-state index in [4.69, 9.17) is 0 Å². The Hall–Kier alpha value is -4.06. The van der Waals surface area contributed by atoms with Gasteiger partial charge in [-0.3, -0.25) is 0 Å². The van der Waals surface area contributed by atoms with E-state index in [-0.39, 0.29) is 11.1 Å². The number of hydrogen-bond donors (Lipinski definition) is 2. The van der Waals surface area contributed by atoms with Gasteiger partial charge < -0.3 is 10.2 Å². The van der Waals surface area contributed by atoms with Crippen LogP contribution in [0.25, 0.3) is 43.6 Å². The van der Waals surface area contributed by atoms with Crippen molar-refractivity contribution >= 4 is 55.6 Å². The molecule has 0 atom stereocenters. The topological polar surface area (TPSA) is 100 Å². The van der Waals surface area contributed by atoms with E-state index in [1.807, 2.05) is 0 Å². The predicted octanol–water partition coefficient (Wildman–Crippen LogP) is 4.49. The van der Waals surface area contributed by atoms with E-state index in [1.54, 1.807) is 60.7 Å². The minimum Gasteiger partial charge on any atom is -0.478 e. The van der Waals surface area contributed by atoms with Gasteiger partial charge >= 0.3 is 11.9 Å². The van der Waals surface area contributed by atoms with Crippen LogP contribution in [-0.2, 0) is 0 Å². The van der Waals surface area contributed by atoms with Crippen molar-refractivity contribution < 1.29 is 19.8 Å². The van der Waals surface area contributed by atoms with Crippen molar-refractivity contribution in [1.29, 1.82) is 0 Å². The zero-order valence-electron chi connectivity index (χ0n) is 14.4. The van der Waals surface area contributed by atoms with Crippen LogP contribution >= 0.6 is 0 Å². The Balaban J connectivity index is 2.09. The summed E-state index contributed by atoms with van der Waals surface area (Å²) in [4.78, 5) is 33.3. The van der Waals surface area contributed by atoms with E-state index >= 15 is 0 Å². The fraction of sp³-hybridized carbons (Fsp3) is 0. The van der Waals surface area contributed by atoms with Crippen molar-refractivity contribution in [3.05, 3.63) is 71.8 Å². The van der Waals surface area contributed by atoms with Crippen LogP contribution in [0, 0.1) is 0 Å². The molecule has 28 heavy (non-hydrogen) atoms. The first-order valence-corrected chi connectivity index (χ1v) is 8.57.